The molecule has 3 heterocycles. The number of aryl methyl sites for hydroxylation is 1. The lowest BCUT2D eigenvalue weighted by atomic mass is 10.0. The van der Waals surface area contributed by atoms with E-state index in [1.54, 1.807) is 23.1 Å². The monoisotopic (exact) mass is 564 g/mol. The van der Waals surface area contributed by atoms with Crippen molar-refractivity contribution >= 4 is 11.9 Å². The normalized spacial score (nSPS) is 15.2. The Morgan fingerprint density at radius 3 is 2.62 bits per heavy atom. The quantitative estimate of drug-likeness (QED) is 0.437. The number of carboxylic acids is 1. The van der Waals surface area contributed by atoms with E-state index in [9.17, 15) is 27.2 Å². The highest BCUT2D eigenvalue weighted by molar-refractivity contribution is 5.94. The Balaban J connectivity index is 0.000000559. The molecule has 1 saturated heterocycles. The van der Waals surface area contributed by atoms with Gasteiger partial charge in [-0.3, -0.25) is 9.59 Å². The number of aliphatic carboxylic acids is 1. The summed E-state index contributed by atoms with van der Waals surface area (Å²) in [6.07, 6.45) is -0.798. The number of benzene rings is 1. The van der Waals surface area contributed by atoms with Gasteiger partial charge in [0.15, 0.2) is 6.20 Å². The molecule has 0 radical (unpaired) electrons. The zero-order valence-corrected chi connectivity index (χ0v) is 21.6. The zero-order valence-electron chi connectivity index (χ0n) is 21.6. The van der Waals surface area contributed by atoms with Gasteiger partial charge in [-0.25, -0.2) is 14.5 Å². The molecular formula is C27H28F4N4O5. The molecule has 40 heavy (non-hydrogen) atoms. The number of alkyl halides is 3. The van der Waals surface area contributed by atoms with Gasteiger partial charge in [-0.2, -0.15) is 18.3 Å². The number of carbonyl (C=O) groups excluding carboxylic acids is 2. The minimum Gasteiger partial charge on any atom is -0.542 e. The molecule has 0 spiro atoms. The summed E-state index contributed by atoms with van der Waals surface area (Å²) in [5, 5.41) is 15.4. The van der Waals surface area contributed by atoms with Crippen LogP contribution >= 0.6 is 0 Å². The molecule has 1 aliphatic heterocycles. The maximum Gasteiger partial charge on any atom is 0.430 e. The van der Waals surface area contributed by atoms with Gasteiger partial charge in [-0.15, -0.1) is 0 Å². The third kappa shape index (κ3) is 8.70. The Kier molecular flexibility index (Phi) is 10.5. The van der Waals surface area contributed by atoms with E-state index in [1.807, 2.05) is 31.3 Å². The Morgan fingerprint density at radius 1 is 1.23 bits per heavy atom. The van der Waals surface area contributed by atoms with Gasteiger partial charge < -0.3 is 19.5 Å². The van der Waals surface area contributed by atoms with E-state index in [2.05, 4.69) is 15.2 Å². The van der Waals surface area contributed by atoms with Crippen LogP contribution in [0.25, 0.3) is 0 Å². The third-order valence-corrected chi connectivity index (χ3v) is 6.11. The number of amides is 1. The first kappa shape index (κ1) is 30.4. The molecule has 214 valence electrons. The Hall–Kier alpha value is -4.13. The topological polar surface area (TPSA) is 130 Å². The summed E-state index contributed by atoms with van der Waals surface area (Å²) in [7, 11) is 0. The summed E-state index contributed by atoms with van der Waals surface area (Å²) >= 11 is 0. The van der Waals surface area contributed by atoms with Crippen molar-refractivity contribution in [3.63, 3.8) is 0 Å². The fraction of sp³-hybridized carbons (Fsp3) is 0.370. The molecule has 2 aromatic heterocycles. The number of hydrogen-bond donors (Lipinski definition) is 1. The first-order valence-corrected chi connectivity index (χ1v) is 12.5. The van der Waals surface area contributed by atoms with Gasteiger partial charge in [0.2, 0.25) is 5.69 Å². The molecular weight excluding hydrogens is 536 g/mol. The third-order valence-electron chi connectivity index (χ3n) is 6.11. The molecule has 9 nitrogen and oxygen atoms in total. The summed E-state index contributed by atoms with van der Waals surface area (Å²) in [5.41, 5.74) is 2.87. The predicted molar refractivity (Wildman–Crippen MR) is 131 cm³/mol. The Bertz CT molecular complexity index is 1370. The van der Waals surface area contributed by atoms with Crippen LogP contribution in [0.1, 0.15) is 52.6 Å². The highest BCUT2D eigenvalue weighted by atomic mass is 19.4. The number of hydrogen-bond acceptors (Lipinski definition) is 6. The van der Waals surface area contributed by atoms with Gasteiger partial charge >= 0.3 is 6.18 Å². The fourth-order valence-electron chi connectivity index (χ4n) is 4.06. The van der Waals surface area contributed by atoms with Crippen LogP contribution in [-0.2, 0) is 29.0 Å². The van der Waals surface area contributed by atoms with Gasteiger partial charge in [0.1, 0.15) is 18.4 Å². The minimum atomic E-state index is -5.19. The molecule has 1 aromatic carbocycles. The zero-order chi connectivity index (χ0) is 29.3. The molecule has 1 aliphatic rings. The number of aromatic nitrogens is 3. The highest BCUT2D eigenvalue weighted by Crippen LogP contribution is 2.20. The van der Waals surface area contributed by atoms with Crippen LogP contribution in [0.5, 0.6) is 0 Å². The average Bonchev–Trinajstić information content (AvgIpc) is 2.94. The lowest BCUT2D eigenvalue weighted by Gasteiger charge is -2.32. The molecule has 13 heteroatoms. The minimum absolute atomic E-state index is 0.0460. The van der Waals surface area contributed by atoms with Crippen LogP contribution in [0, 0.1) is 5.82 Å². The van der Waals surface area contributed by atoms with Gasteiger partial charge in [0.05, 0.1) is 17.4 Å². The summed E-state index contributed by atoms with van der Waals surface area (Å²) in [6.45, 7) is 3.33. The smallest absolute Gasteiger partial charge is 0.430 e. The predicted octanol–water partition coefficient (Wildman–Crippen LogP) is 2.00. The molecule has 4 rings (SSSR count). The lowest BCUT2D eigenvalue weighted by Crippen LogP contribution is -2.43. The van der Waals surface area contributed by atoms with E-state index < -0.39 is 18.0 Å². The fourth-order valence-corrected chi connectivity index (χ4v) is 4.06. The van der Waals surface area contributed by atoms with Crippen LogP contribution in [-0.4, -0.2) is 52.3 Å². The number of aromatic amines is 2. The second-order valence-corrected chi connectivity index (χ2v) is 9.06. The molecule has 3 aromatic rings. The number of likely N-dealkylation sites (tertiary alicyclic amines) is 1. The van der Waals surface area contributed by atoms with E-state index >= 15 is 0 Å². The first-order valence-electron chi connectivity index (χ1n) is 12.5. The van der Waals surface area contributed by atoms with E-state index in [0.29, 0.717) is 43.8 Å². The van der Waals surface area contributed by atoms with Crippen LogP contribution in [0.3, 0.4) is 0 Å². The summed E-state index contributed by atoms with van der Waals surface area (Å²) in [6, 6.07) is 12.1. The van der Waals surface area contributed by atoms with Crippen molar-refractivity contribution in [1.82, 2.24) is 15.1 Å². The summed E-state index contributed by atoms with van der Waals surface area (Å²) in [5.74, 6) is -3.89. The van der Waals surface area contributed by atoms with Crippen molar-refractivity contribution in [2.45, 2.75) is 51.5 Å². The number of rotatable bonds is 7. The van der Waals surface area contributed by atoms with Crippen LogP contribution in [0.4, 0.5) is 17.6 Å². The largest absolute Gasteiger partial charge is 0.542 e. The SMILES string of the molecule is CCc1cc(Cc2ccc(F)c(C(=O)N3CCCC(OCc4cccc[nH+]4)C3)c2)n[nH]c1=O.O=C([O-])C(F)(F)F. The van der Waals surface area contributed by atoms with Crippen molar-refractivity contribution in [3.8, 4) is 0 Å². The molecule has 0 bridgehead atoms. The van der Waals surface area contributed by atoms with E-state index in [4.69, 9.17) is 14.6 Å². The molecule has 1 fully saturated rings. The van der Waals surface area contributed by atoms with Crippen LogP contribution in [0.15, 0.2) is 53.5 Å². The standard InChI is InChI=1S/C25H27FN4O3.C2HF3O2/c1-2-18-14-20(28-29-24(18)31)12-17-8-9-23(26)22(13-17)25(32)30-11-5-7-21(15-30)33-16-19-6-3-4-10-27-19;3-2(4,5)1(6)7/h3-4,6,8-10,13-14,21H,2,5,7,11-12,15-16H2,1H3,(H,29,31);(H,6,7). The van der Waals surface area contributed by atoms with Gasteiger partial charge in [0, 0.05) is 37.2 Å². The van der Waals surface area contributed by atoms with Crippen molar-refractivity contribution in [2.24, 2.45) is 0 Å². The highest BCUT2D eigenvalue weighted by Gasteiger charge is 2.29. The molecule has 0 aliphatic carbocycles. The Labute approximate surface area is 226 Å². The molecule has 1 atom stereocenters. The number of halogens is 4. The number of pyridine rings is 1. The number of ether oxygens (including phenoxy) is 1. The number of H-pyrrole nitrogens is 2. The molecule has 1 unspecified atom stereocenters. The summed E-state index contributed by atoms with van der Waals surface area (Å²) < 4.78 is 52.1. The number of carboxylic acid groups (broad SMARTS) is 1. The van der Waals surface area contributed by atoms with Gasteiger partial charge in [-0.1, -0.05) is 19.1 Å². The second-order valence-electron chi connectivity index (χ2n) is 9.06. The van der Waals surface area contributed by atoms with Crippen LogP contribution < -0.4 is 15.6 Å². The van der Waals surface area contributed by atoms with Crippen molar-refractivity contribution < 1.29 is 42.0 Å². The van der Waals surface area contributed by atoms with E-state index in [1.165, 1.54) is 6.07 Å². The van der Waals surface area contributed by atoms with Crippen molar-refractivity contribution in [3.05, 3.63) is 92.9 Å². The van der Waals surface area contributed by atoms with Gasteiger partial charge in [-0.05, 0) is 43.0 Å². The number of carbonyl (C=O) groups is 2. The maximum atomic E-state index is 14.6. The second kappa shape index (κ2) is 13.8. The van der Waals surface area contributed by atoms with E-state index in [-0.39, 0.29) is 23.1 Å². The molecule has 0 saturated carbocycles. The van der Waals surface area contributed by atoms with Crippen molar-refractivity contribution in [1.29, 1.82) is 0 Å². The maximum absolute atomic E-state index is 14.6. The Morgan fingerprint density at radius 2 is 1.98 bits per heavy atom. The number of piperidine rings is 1. The summed E-state index contributed by atoms with van der Waals surface area (Å²) in [4.78, 5) is 38.5. The van der Waals surface area contributed by atoms with E-state index in [0.717, 1.165) is 24.1 Å². The van der Waals surface area contributed by atoms with Crippen molar-refractivity contribution in [2.75, 3.05) is 13.1 Å². The lowest BCUT2D eigenvalue weighted by molar-refractivity contribution is -0.396. The average molecular weight is 565 g/mol. The first-order chi connectivity index (χ1) is 19.0. The number of nitrogens with one attached hydrogen (secondary N) is 2. The number of nitrogens with zero attached hydrogens (tertiary/aromatic N) is 2. The van der Waals surface area contributed by atoms with Crippen LogP contribution in [0.2, 0.25) is 0 Å². The molecule has 1 amide bonds. The molecule has 2 N–H and O–H groups in total. The van der Waals surface area contributed by atoms with Gasteiger partial charge in [0.25, 0.3) is 11.5 Å².